The van der Waals surface area contributed by atoms with Crippen LogP contribution in [-0.2, 0) is 16.2 Å². The van der Waals surface area contributed by atoms with Crippen LogP contribution in [0, 0.1) is 0 Å². The molecule has 0 aliphatic carbocycles. The Kier molecular flexibility index (Phi) is 8.73. The first-order chi connectivity index (χ1) is 24.5. The van der Waals surface area contributed by atoms with Crippen molar-refractivity contribution >= 4 is 22.7 Å². The van der Waals surface area contributed by atoms with Crippen LogP contribution in [-0.4, -0.2) is 14.1 Å². The molecule has 0 fully saturated rings. The average molecular weight is 683 g/mol. The summed E-state index contributed by atoms with van der Waals surface area (Å²) in [6.07, 6.45) is 0. The molecule has 0 aromatic heterocycles. The van der Waals surface area contributed by atoms with E-state index < -0.39 is 0 Å². The quantitative estimate of drug-likeness (QED) is 0.157. The molecule has 6 aromatic carbocycles. The molecule has 2 heteroatoms. The zero-order chi connectivity index (χ0) is 37.2. The standard InChI is InChI=1S/C27H31N.C23H23N/c1-26(2,3)18-12-14-24-22(16-18)20-10-8-9-11-21(20)23-17-19(27(4,5)6)13-15-25(23)28(24)7;1-23(2,3)16-13-14-22-20(15-16)18-10-6-5-9-17(18)19-11-7-8-12-21(19)24(22)4/h8-17H,1-7H3;5-15H,1-4H3. The van der Waals surface area contributed by atoms with Crippen molar-refractivity contribution < 1.29 is 0 Å². The van der Waals surface area contributed by atoms with Gasteiger partial charge in [-0.1, -0.05) is 147 Å². The van der Waals surface area contributed by atoms with Crippen LogP contribution in [0.2, 0.25) is 0 Å². The van der Waals surface area contributed by atoms with Crippen molar-refractivity contribution in [1.29, 1.82) is 0 Å². The minimum atomic E-state index is 0.126. The van der Waals surface area contributed by atoms with E-state index in [1.54, 1.807) is 0 Å². The highest BCUT2D eigenvalue weighted by Gasteiger charge is 2.27. The fourth-order valence-corrected chi connectivity index (χ4v) is 7.69. The topological polar surface area (TPSA) is 6.48 Å². The smallest absolute Gasteiger partial charge is 0.0488 e. The van der Waals surface area contributed by atoms with E-state index in [-0.39, 0.29) is 16.2 Å². The van der Waals surface area contributed by atoms with Gasteiger partial charge in [-0.2, -0.15) is 0 Å². The van der Waals surface area contributed by atoms with Crippen molar-refractivity contribution in [3.05, 3.63) is 144 Å². The lowest BCUT2D eigenvalue weighted by Crippen LogP contribution is -2.15. The van der Waals surface area contributed by atoms with Crippen molar-refractivity contribution in [1.82, 2.24) is 0 Å². The summed E-state index contributed by atoms with van der Waals surface area (Å²) in [7, 11) is 4.36. The van der Waals surface area contributed by atoms with Crippen LogP contribution < -0.4 is 9.80 Å². The van der Waals surface area contributed by atoms with Gasteiger partial charge in [-0.15, -0.1) is 0 Å². The summed E-state index contributed by atoms with van der Waals surface area (Å²) in [6.45, 7) is 20.5. The fraction of sp³-hybridized carbons (Fsp3) is 0.280. The Labute approximate surface area is 312 Å². The number of hydrogen-bond donors (Lipinski definition) is 0. The van der Waals surface area contributed by atoms with Gasteiger partial charge in [-0.25, -0.2) is 0 Å². The molecule has 0 saturated carbocycles. The maximum atomic E-state index is 2.39. The van der Waals surface area contributed by atoms with E-state index in [1.165, 1.54) is 83.9 Å². The fourth-order valence-electron chi connectivity index (χ4n) is 7.69. The number of benzene rings is 6. The molecular formula is C50H54N2. The van der Waals surface area contributed by atoms with E-state index in [1.807, 2.05) is 0 Å². The molecule has 6 aromatic rings. The summed E-state index contributed by atoms with van der Waals surface area (Å²) in [6, 6.07) is 47.1. The molecule has 0 atom stereocenters. The minimum Gasteiger partial charge on any atom is -0.344 e. The Morgan fingerprint density at radius 1 is 0.288 bits per heavy atom. The maximum absolute atomic E-state index is 2.39. The SMILES string of the molecule is CN1c2ccc(C(C)(C)C)cc2-c2ccccc2-c2cc(C(C)(C)C)ccc21.CN1c2ccccc2-c2ccccc2-c2cc(C(C)(C)C)ccc21. The summed E-state index contributed by atoms with van der Waals surface area (Å²) in [5, 5.41) is 0. The minimum absolute atomic E-state index is 0.126. The molecule has 52 heavy (non-hydrogen) atoms. The van der Waals surface area contributed by atoms with Gasteiger partial charge in [0.05, 0.1) is 0 Å². The lowest BCUT2D eigenvalue weighted by Gasteiger charge is -2.26. The van der Waals surface area contributed by atoms with Crippen molar-refractivity contribution in [2.45, 2.75) is 78.6 Å². The molecule has 2 nitrogen and oxygen atoms in total. The van der Waals surface area contributed by atoms with Crippen molar-refractivity contribution in [2.24, 2.45) is 0 Å². The third kappa shape index (κ3) is 6.34. The molecule has 0 spiro atoms. The number of fused-ring (bicyclic) bond motifs is 10. The van der Waals surface area contributed by atoms with Crippen molar-refractivity contribution in [2.75, 3.05) is 23.9 Å². The highest BCUT2D eigenvalue weighted by atomic mass is 15.1. The molecule has 0 N–H and O–H groups in total. The van der Waals surface area contributed by atoms with E-state index in [0.717, 1.165) is 0 Å². The first kappa shape index (κ1) is 35.3. The molecule has 2 aliphatic heterocycles. The van der Waals surface area contributed by atoms with Crippen LogP contribution in [0.25, 0.3) is 44.5 Å². The van der Waals surface area contributed by atoms with Gasteiger partial charge in [0, 0.05) is 59.1 Å². The number of para-hydroxylation sites is 1. The Balaban J connectivity index is 0.000000164. The predicted molar refractivity (Wildman–Crippen MR) is 227 cm³/mol. The molecule has 2 aliphatic rings. The Morgan fingerprint density at radius 2 is 0.538 bits per heavy atom. The van der Waals surface area contributed by atoms with E-state index >= 15 is 0 Å². The Hall–Kier alpha value is -5.08. The highest BCUT2D eigenvalue weighted by molar-refractivity contribution is 6.00. The lowest BCUT2D eigenvalue weighted by atomic mass is 9.83. The van der Waals surface area contributed by atoms with Crippen LogP contribution in [0.15, 0.2) is 127 Å². The van der Waals surface area contributed by atoms with Gasteiger partial charge in [0.15, 0.2) is 0 Å². The monoisotopic (exact) mass is 682 g/mol. The number of rotatable bonds is 0. The Bertz CT molecular complexity index is 2200. The third-order valence-electron chi connectivity index (χ3n) is 11.0. The second-order valence-corrected chi connectivity index (χ2v) is 17.7. The zero-order valence-corrected chi connectivity index (χ0v) is 33.0. The zero-order valence-electron chi connectivity index (χ0n) is 33.0. The number of nitrogens with zero attached hydrogens (tertiary/aromatic N) is 2. The molecule has 0 saturated heterocycles. The molecule has 0 unspecified atom stereocenters. The normalized spacial score (nSPS) is 13.2. The molecule has 0 radical (unpaired) electrons. The lowest BCUT2D eigenvalue weighted by molar-refractivity contribution is 0.590. The first-order valence-corrected chi connectivity index (χ1v) is 18.7. The molecule has 2 heterocycles. The van der Waals surface area contributed by atoms with E-state index in [4.69, 9.17) is 0 Å². The van der Waals surface area contributed by atoms with Gasteiger partial charge in [0.25, 0.3) is 0 Å². The van der Waals surface area contributed by atoms with Gasteiger partial charge >= 0.3 is 0 Å². The van der Waals surface area contributed by atoms with Crippen LogP contribution in [0.4, 0.5) is 22.7 Å². The van der Waals surface area contributed by atoms with Gasteiger partial charge < -0.3 is 9.80 Å². The summed E-state index contributed by atoms with van der Waals surface area (Å²) in [4.78, 5) is 4.67. The van der Waals surface area contributed by atoms with Crippen molar-refractivity contribution in [3.8, 4) is 44.5 Å². The molecule has 8 rings (SSSR count). The predicted octanol–water partition coefficient (Wildman–Crippen LogP) is 14.1. The summed E-state index contributed by atoms with van der Waals surface area (Å²) in [5.74, 6) is 0. The number of anilines is 4. The number of hydrogen-bond acceptors (Lipinski definition) is 2. The van der Waals surface area contributed by atoms with Gasteiger partial charge in [-0.3, -0.25) is 0 Å². The first-order valence-electron chi connectivity index (χ1n) is 18.7. The van der Waals surface area contributed by atoms with Crippen molar-refractivity contribution in [3.63, 3.8) is 0 Å². The third-order valence-corrected chi connectivity index (χ3v) is 11.0. The largest absolute Gasteiger partial charge is 0.344 e. The molecular weight excluding hydrogens is 629 g/mol. The molecule has 0 amide bonds. The van der Waals surface area contributed by atoms with E-state index in [2.05, 4.69) is 214 Å². The second kappa shape index (κ2) is 12.8. The molecule has 0 bridgehead atoms. The van der Waals surface area contributed by atoms with Crippen LogP contribution in [0.1, 0.15) is 79.0 Å². The highest BCUT2D eigenvalue weighted by Crippen LogP contribution is 2.50. The van der Waals surface area contributed by atoms with E-state index in [9.17, 15) is 0 Å². The van der Waals surface area contributed by atoms with Crippen LogP contribution >= 0.6 is 0 Å². The summed E-state index contributed by atoms with van der Waals surface area (Å²) in [5.41, 5.74) is 20.1. The second-order valence-electron chi connectivity index (χ2n) is 17.7. The Morgan fingerprint density at radius 3 is 0.846 bits per heavy atom. The molecule has 264 valence electrons. The van der Waals surface area contributed by atoms with Crippen LogP contribution in [0.3, 0.4) is 0 Å². The van der Waals surface area contributed by atoms with Gasteiger partial charge in [0.1, 0.15) is 0 Å². The average Bonchev–Trinajstić information content (AvgIpc) is 3.29. The summed E-state index contributed by atoms with van der Waals surface area (Å²) < 4.78 is 0. The summed E-state index contributed by atoms with van der Waals surface area (Å²) >= 11 is 0. The van der Waals surface area contributed by atoms with Gasteiger partial charge in [0.2, 0.25) is 0 Å². The van der Waals surface area contributed by atoms with E-state index in [0.29, 0.717) is 0 Å². The maximum Gasteiger partial charge on any atom is 0.0488 e. The van der Waals surface area contributed by atoms with Gasteiger partial charge in [-0.05, 0) is 97.7 Å². The van der Waals surface area contributed by atoms with Crippen LogP contribution in [0.5, 0.6) is 0 Å².